The van der Waals surface area contributed by atoms with E-state index in [1.54, 1.807) is 0 Å². The number of alkyl halides is 2. The van der Waals surface area contributed by atoms with Gasteiger partial charge in [0.05, 0.1) is 5.69 Å². The van der Waals surface area contributed by atoms with Crippen LogP contribution in [0.1, 0.15) is 45.2 Å². The van der Waals surface area contributed by atoms with Crippen molar-refractivity contribution in [3.63, 3.8) is 0 Å². The minimum atomic E-state index is -2.67. The van der Waals surface area contributed by atoms with Crippen molar-refractivity contribution in [2.75, 3.05) is 35.7 Å². The van der Waals surface area contributed by atoms with E-state index in [1.165, 1.54) is 4.90 Å². The summed E-state index contributed by atoms with van der Waals surface area (Å²) in [6.07, 6.45) is 0.848. The van der Waals surface area contributed by atoms with E-state index in [2.05, 4.69) is 25.9 Å². The van der Waals surface area contributed by atoms with E-state index in [4.69, 9.17) is 0 Å². The Morgan fingerprint density at radius 3 is 2.47 bits per heavy atom. The molecule has 32 heavy (non-hydrogen) atoms. The number of likely N-dealkylation sites (N-methyl/N-ethyl adjacent to an activating group) is 1. The van der Waals surface area contributed by atoms with Crippen LogP contribution in [-0.4, -0.2) is 71.0 Å². The topological polar surface area (TPSA) is 102 Å². The molecule has 3 heterocycles. The van der Waals surface area contributed by atoms with Crippen LogP contribution in [0.15, 0.2) is 0 Å². The van der Waals surface area contributed by atoms with Crippen LogP contribution in [0.2, 0.25) is 0 Å². The molecule has 4 rings (SSSR count). The summed E-state index contributed by atoms with van der Waals surface area (Å²) in [5.74, 6) is -1.43. The number of likely N-dealkylation sites (tertiary alicyclic amines) is 1. The molecule has 0 unspecified atom stereocenters. The van der Waals surface area contributed by atoms with E-state index in [-0.39, 0.29) is 61.9 Å². The molecule has 1 aromatic rings. The van der Waals surface area contributed by atoms with Crippen LogP contribution < -0.4 is 20.9 Å². The fourth-order valence-electron chi connectivity index (χ4n) is 4.62. The van der Waals surface area contributed by atoms with Crippen LogP contribution >= 0.6 is 0 Å². The van der Waals surface area contributed by atoms with Gasteiger partial charge in [0.25, 0.3) is 5.92 Å². The number of carbonyl (C=O) groups excluding carboxylic acids is 2. The predicted molar refractivity (Wildman–Crippen MR) is 117 cm³/mol. The summed E-state index contributed by atoms with van der Waals surface area (Å²) < 4.78 is 26.6. The third-order valence-corrected chi connectivity index (χ3v) is 6.55. The average Bonchev–Trinajstić information content (AvgIpc) is 2.67. The van der Waals surface area contributed by atoms with Gasteiger partial charge in [0.15, 0.2) is 5.82 Å². The van der Waals surface area contributed by atoms with Crippen LogP contribution in [0.4, 0.5) is 31.0 Å². The first-order valence-electron chi connectivity index (χ1n) is 11.2. The van der Waals surface area contributed by atoms with Gasteiger partial charge in [-0.05, 0) is 25.7 Å². The van der Waals surface area contributed by atoms with E-state index in [0.717, 1.165) is 0 Å². The van der Waals surface area contributed by atoms with Crippen molar-refractivity contribution in [2.45, 2.75) is 70.5 Å². The van der Waals surface area contributed by atoms with Crippen molar-refractivity contribution in [1.29, 1.82) is 0 Å². The minimum Gasteiger partial charge on any atom is -0.351 e. The fourth-order valence-corrected chi connectivity index (χ4v) is 4.62. The number of rotatable bonds is 4. The van der Waals surface area contributed by atoms with Crippen LogP contribution in [0.5, 0.6) is 0 Å². The largest absolute Gasteiger partial charge is 0.351 e. The Morgan fingerprint density at radius 2 is 1.84 bits per heavy atom. The van der Waals surface area contributed by atoms with Gasteiger partial charge in [0.2, 0.25) is 11.9 Å². The second-order valence-electron chi connectivity index (χ2n) is 9.42. The first kappa shape index (κ1) is 22.5. The molecular weight excluding hydrogens is 420 g/mol. The Hall–Kier alpha value is -2.72. The molecule has 2 fully saturated rings. The molecule has 0 spiro atoms. The summed E-state index contributed by atoms with van der Waals surface area (Å²) >= 11 is 0. The third kappa shape index (κ3) is 4.42. The summed E-state index contributed by atoms with van der Waals surface area (Å²) in [6, 6.07) is -0.481. The first-order chi connectivity index (χ1) is 15.0. The Bertz CT molecular complexity index is 894. The Labute approximate surface area is 186 Å². The molecule has 1 saturated heterocycles. The van der Waals surface area contributed by atoms with Gasteiger partial charge in [-0.1, -0.05) is 13.8 Å². The number of nitrogens with one attached hydrogen (secondary N) is 3. The van der Waals surface area contributed by atoms with Gasteiger partial charge in [-0.3, -0.25) is 4.79 Å². The Balaban J connectivity index is 1.32. The number of aromatic nitrogens is 2. The molecule has 3 amide bonds. The quantitative estimate of drug-likeness (QED) is 0.650. The maximum absolute atomic E-state index is 13.3. The van der Waals surface area contributed by atoms with E-state index in [0.29, 0.717) is 36.0 Å². The summed E-state index contributed by atoms with van der Waals surface area (Å²) in [6.45, 7) is 5.99. The lowest BCUT2D eigenvalue weighted by Crippen LogP contribution is -2.55. The van der Waals surface area contributed by atoms with Gasteiger partial charge >= 0.3 is 6.03 Å². The van der Waals surface area contributed by atoms with Gasteiger partial charge in [-0.15, -0.1) is 0 Å². The third-order valence-electron chi connectivity index (χ3n) is 6.55. The highest BCUT2D eigenvalue weighted by atomic mass is 19.3. The van der Waals surface area contributed by atoms with Crippen LogP contribution in [0.25, 0.3) is 0 Å². The lowest BCUT2D eigenvalue weighted by molar-refractivity contribution is -0.118. The molecule has 3 aliphatic rings. The summed E-state index contributed by atoms with van der Waals surface area (Å²) in [7, 11) is 1.86. The Kier molecular flexibility index (Phi) is 5.85. The second-order valence-corrected chi connectivity index (χ2v) is 9.42. The number of hydrogen-bond acceptors (Lipinski definition) is 6. The van der Waals surface area contributed by atoms with E-state index in [1.807, 2.05) is 32.7 Å². The van der Waals surface area contributed by atoms with Gasteiger partial charge < -0.3 is 25.8 Å². The van der Waals surface area contributed by atoms with Gasteiger partial charge in [-0.25, -0.2) is 18.6 Å². The molecule has 1 aliphatic carbocycles. The molecular formula is C21H31F2N7O2. The second kappa shape index (κ2) is 8.32. The zero-order chi connectivity index (χ0) is 23.2. The number of fused-ring (bicyclic) bond motifs is 1. The number of amides is 3. The van der Waals surface area contributed by atoms with Crippen LogP contribution in [0, 0.1) is 12.8 Å². The zero-order valence-corrected chi connectivity index (χ0v) is 18.9. The normalized spacial score (nSPS) is 26.8. The Morgan fingerprint density at radius 1 is 1.19 bits per heavy atom. The summed E-state index contributed by atoms with van der Waals surface area (Å²) in [5, 5.41) is 9.17. The van der Waals surface area contributed by atoms with Crippen molar-refractivity contribution >= 4 is 29.4 Å². The highest BCUT2D eigenvalue weighted by Gasteiger charge is 2.38. The number of anilines is 3. The SMILES string of the molecule is Cc1nc(NC2CC(NC(=O)N3CCC(F)(F)CC3)C2)nc2c1NC(=O)[C@H](C(C)C)N2C. The van der Waals surface area contributed by atoms with Crippen molar-refractivity contribution in [2.24, 2.45) is 5.92 Å². The van der Waals surface area contributed by atoms with E-state index >= 15 is 0 Å². The first-order valence-corrected chi connectivity index (χ1v) is 11.2. The number of carbonyl (C=O) groups is 2. The highest BCUT2D eigenvalue weighted by molar-refractivity contribution is 6.03. The van der Waals surface area contributed by atoms with Crippen molar-refractivity contribution in [3.8, 4) is 0 Å². The molecule has 1 saturated carbocycles. The van der Waals surface area contributed by atoms with Crippen molar-refractivity contribution < 1.29 is 18.4 Å². The van der Waals surface area contributed by atoms with Crippen LogP contribution in [0.3, 0.4) is 0 Å². The standard InChI is InChI=1S/C21H31F2N7O2/c1-11(2)16-18(31)27-15-12(3)24-19(28-17(15)29(16)4)25-13-9-14(10-13)26-20(32)30-7-5-21(22,23)6-8-30/h11,13-14,16H,5-10H2,1-4H3,(H,26,32)(H,27,31)(H,24,25,28)/t13?,14?,16-/m0/s1. The van der Waals surface area contributed by atoms with E-state index in [9.17, 15) is 18.4 Å². The number of hydrogen-bond donors (Lipinski definition) is 3. The van der Waals surface area contributed by atoms with Crippen LogP contribution in [-0.2, 0) is 4.79 Å². The molecule has 1 atom stereocenters. The summed E-state index contributed by atoms with van der Waals surface area (Å²) in [4.78, 5) is 37.3. The van der Waals surface area contributed by atoms with Crippen molar-refractivity contribution in [3.05, 3.63) is 5.69 Å². The lowest BCUT2D eigenvalue weighted by Gasteiger charge is -2.39. The minimum absolute atomic E-state index is 0.00607. The molecule has 0 bridgehead atoms. The monoisotopic (exact) mass is 451 g/mol. The molecule has 0 aromatic carbocycles. The van der Waals surface area contributed by atoms with Gasteiger partial charge in [-0.2, -0.15) is 4.98 Å². The van der Waals surface area contributed by atoms with Gasteiger partial charge in [0, 0.05) is 45.1 Å². The summed E-state index contributed by atoms with van der Waals surface area (Å²) in [5.41, 5.74) is 1.32. The lowest BCUT2D eigenvalue weighted by atomic mass is 9.87. The number of nitrogens with zero attached hydrogens (tertiary/aromatic N) is 4. The maximum Gasteiger partial charge on any atom is 0.317 e. The molecule has 9 nitrogen and oxygen atoms in total. The molecule has 2 aliphatic heterocycles. The molecule has 1 aromatic heterocycles. The molecule has 176 valence electrons. The van der Waals surface area contributed by atoms with Crippen molar-refractivity contribution in [1.82, 2.24) is 20.2 Å². The number of urea groups is 1. The molecule has 3 N–H and O–H groups in total. The highest BCUT2D eigenvalue weighted by Crippen LogP contribution is 2.35. The number of halogens is 2. The molecule has 11 heteroatoms. The van der Waals surface area contributed by atoms with E-state index < -0.39 is 5.92 Å². The smallest absolute Gasteiger partial charge is 0.317 e. The fraction of sp³-hybridized carbons (Fsp3) is 0.714. The molecule has 0 radical (unpaired) electrons. The maximum atomic E-state index is 13.3. The number of piperidine rings is 1. The zero-order valence-electron chi connectivity index (χ0n) is 18.9. The average molecular weight is 452 g/mol. The van der Waals surface area contributed by atoms with Gasteiger partial charge in [0.1, 0.15) is 11.7 Å². The number of aryl methyl sites for hydroxylation is 1. The predicted octanol–water partition coefficient (Wildman–Crippen LogP) is 2.58.